The molecular weight excluding hydrogens is 450 g/mol. The summed E-state index contributed by atoms with van der Waals surface area (Å²) in [6.07, 6.45) is -0.793. The lowest BCUT2D eigenvalue weighted by atomic mass is 10.0. The summed E-state index contributed by atoms with van der Waals surface area (Å²) in [4.78, 5) is 0. The van der Waals surface area contributed by atoms with Crippen molar-refractivity contribution in [3.8, 4) is 11.4 Å². The number of halogens is 1. The smallest absolute Gasteiger partial charge is 0.139 e. The van der Waals surface area contributed by atoms with Crippen LogP contribution in [0.1, 0.15) is 28.5 Å². The third-order valence-electron chi connectivity index (χ3n) is 5.72. The number of aromatic nitrogens is 2. The number of nitrogens with one attached hydrogen (secondary N) is 1. The fourth-order valence-corrected chi connectivity index (χ4v) is 4.03. The highest BCUT2D eigenvalue weighted by Crippen LogP contribution is 2.25. The molecule has 0 aliphatic heterocycles. The van der Waals surface area contributed by atoms with E-state index in [9.17, 15) is 10.2 Å². The van der Waals surface area contributed by atoms with Crippen molar-refractivity contribution in [3.05, 3.63) is 112 Å². The molecule has 0 spiro atoms. The van der Waals surface area contributed by atoms with Gasteiger partial charge in [-0.25, -0.2) is 4.68 Å². The number of benzene rings is 3. The molecule has 0 aliphatic rings. The van der Waals surface area contributed by atoms with Crippen LogP contribution < -0.4 is 10.1 Å². The van der Waals surface area contributed by atoms with E-state index in [1.54, 1.807) is 4.68 Å². The number of rotatable bonds is 10. The number of aliphatic hydroxyl groups is 2. The number of aryl methyl sites for hydroxylation is 1. The maximum absolute atomic E-state index is 10.5. The van der Waals surface area contributed by atoms with Crippen LogP contribution in [0.5, 0.6) is 5.75 Å². The Balaban J connectivity index is 1.34. The molecule has 4 rings (SSSR count). The molecule has 0 bridgehead atoms. The van der Waals surface area contributed by atoms with E-state index in [4.69, 9.17) is 16.3 Å². The number of ether oxygens (including phenoxy) is 1. The van der Waals surface area contributed by atoms with E-state index >= 15 is 0 Å². The van der Waals surface area contributed by atoms with Gasteiger partial charge in [-0.2, -0.15) is 5.10 Å². The molecule has 0 saturated carbocycles. The Hall–Kier alpha value is -3.16. The van der Waals surface area contributed by atoms with Crippen LogP contribution in [0.15, 0.2) is 84.9 Å². The monoisotopic (exact) mass is 477 g/mol. The molecule has 3 N–H and O–H groups in total. The first-order valence-corrected chi connectivity index (χ1v) is 11.5. The Labute approximate surface area is 204 Å². The standard InChI is InChI=1S/C27H28ClN3O3/c1-19-24(27(28)31(30-19)22-10-6-3-7-11-22)18-34-23-14-12-20(13-15-23)16-29-25(17-32)26(33)21-8-4-2-5-9-21/h2-15,25-26,29,32-33H,16-18H2,1H3/t25-,26-/m0/s1. The normalized spacial score (nSPS) is 12.9. The second-order valence-corrected chi connectivity index (χ2v) is 8.42. The Bertz CT molecular complexity index is 1180. The summed E-state index contributed by atoms with van der Waals surface area (Å²) in [5.41, 5.74) is 4.34. The summed E-state index contributed by atoms with van der Waals surface area (Å²) in [5.74, 6) is 0.717. The third kappa shape index (κ3) is 5.66. The van der Waals surface area contributed by atoms with Gasteiger partial charge in [-0.1, -0.05) is 72.3 Å². The highest BCUT2D eigenvalue weighted by molar-refractivity contribution is 6.30. The topological polar surface area (TPSA) is 79.5 Å². The van der Waals surface area contributed by atoms with E-state index in [1.807, 2.05) is 91.9 Å². The molecule has 1 aromatic heterocycles. The molecule has 1 heterocycles. The van der Waals surface area contributed by atoms with E-state index in [2.05, 4.69) is 10.4 Å². The lowest BCUT2D eigenvalue weighted by Crippen LogP contribution is -2.37. The lowest BCUT2D eigenvalue weighted by molar-refractivity contribution is 0.0892. The van der Waals surface area contributed by atoms with E-state index in [0.717, 1.165) is 33.8 Å². The van der Waals surface area contributed by atoms with Crippen molar-refractivity contribution in [1.82, 2.24) is 15.1 Å². The lowest BCUT2D eigenvalue weighted by Gasteiger charge is -2.22. The van der Waals surface area contributed by atoms with Crippen LogP contribution in [0.3, 0.4) is 0 Å². The number of nitrogens with zero attached hydrogens (tertiary/aromatic N) is 2. The first-order chi connectivity index (χ1) is 16.6. The highest BCUT2D eigenvalue weighted by atomic mass is 35.5. The van der Waals surface area contributed by atoms with Gasteiger partial charge in [0.1, 0.15) is 17.5 Å². The molecule has 4 aromatic rings. The van der Waals surface area contributed by atoms with Gasteiger partial charge >= 0.3 is 0 Å². The fourth-order valence-electron chi connectivity index (χ4n) is 3.70. The zero-order valence-electron chi connectivity index (χ0n) is 18.9. The first kappa shape index (κ1) is 24.0. The van der Waals surface area contributed by atoms with Crippen LogP contribution >= 0.6 is 11.6 Å². The van der Waals surface area contributed by atoms with Crippen molar-refractivity contribution in [2.24, 2.45) is 0 Å². The van der Waals surface area contributed by atoms with Gasteiger partial charge in [0.25, 0.3) is 0 Å². The summed E-state index contributed by atoms with van der Waals surface area (Å²) in [6.45, 7) is 2.56. The van der Waals surface area contributed by atoms with Crippen molar-refractivity contribution in [2.45, 2.75) is 32.2 Å². The molecule has 34 heavy (non-hydrogen) atoms. The number of hydrogen-bond acceptors (Lipinski definition) is 5. The quantitative estimate of drug-likeness (QED) is 0.311. The zero-order valence-corrected chi connectivity index (χ0v) is 19.7. The van der Waals surface area contributed by atoms with Crippen molar-refractivity contribution >= 4 is 11.6 Å². The number of hydrogen-bond donors (Lipinski definition) is 3. The molecule has 0 radical (unpaired) electrons. The molecule has 2 atom stereocenters. The Morgan fingerprint density at radius 3 is 2.26 bits per heavy atom. The van der Waals surface area contributed by atoms with E-state index < -0.39 is 12.1 Å². The van der Waals surface area contributed by atoms with E-state index in [-0.39, 0.29) is 6.61 Å². The molecule has 0 saturated heterocycles. The van der Waals surface area contributed by atoms with Gasteiger partial charge < -0.3 is 20.3 Å². The van der Waals surface area contributed by atoms with Gasteiger partial charge in [0, 0.05) is 12.1 Å². The van der Waals surface area contributed by atoms with Crippen LogP contribution in [0.2, 0.25) is 5.15 Å². The van der Waals surface area contributed by atoms with Crippen LogP contribution in [0.25, 0.3) is 5.69 Å². The van der Waals surface area contributed by atoms with Gasteiger partial charge in [0.15, 0.2) is 0 Å². The minimum absolute atomic E-state index is 0.173. The average Bonchev–Trinajstić information content (AvgIpc) is 3.17. The Kier molecular flexibility index (Phi) is 7.98. The van der Waals surface area contributed by atoms with Gasteiger partial charge in [0.2, 0.25) is 0 Å². The van der Waals surface area contributed by atoms with Crippen LogP contribution in [-0.4, -0.2) is 32.6 Å². The number of aliphatic hydroxyl groups excluding tert-OH is 2. The SMILES string of the molecule is Cc1nn(-c2ccccc2)c(Cl)c1COc1ccc(CN[C@@H](CO)[C@@H](O)c2ccccc2)cc1. The van der Waals surface area contributed by atoms with Crippen molar-refractivity contribution in [2.75, 3.05) is 6.61 Å². The largest absolute Gasteiger partial charge is 0.489 e. The third-order valence-corrected chi connectivity index (χ3v) is 6.10. The molecule has 0 aliphatic carbocycles. The van der Waals surface area contributed by atoms with Crippen LogP contribution in [-0.2, 0) is 13.2 Å². The minimum atomic E-state index is -0.793. The number of para-hydroxylation sites is 1. The first-order valence-electron chi connectivity index (χ1n) is 11.1. The van der Waals surface area contributed by atoms with Crippen molar-refractivity contribution in [3.63, 3.8) is 0 Å². The maximum atomic E-state index is 10.5. The van der Waals surface area contributed by atoms with Crippen molar-refractivity contribution < 1.29 is 14.9 Å². The predicted molar refractivity (Wildman–Crippen MR) is 133 cm³/mol. The molecule has 6 nitrogen and oxygen atoms in total. The van der Waals surface area contributed by atoms with Crippen LogP contribution in [0, 0.1) is 6.92 Å². The van der Waals surface area contributed by atoms with Gasteiger partial charge in [-0.3, -0.25) is 0 Å². The van der Waals surface area contributed by atoms with Crippen LogP contribution in [0.4, 0.5) is 0 Å². The summed E-state index contributed by atoms with van der Waals surface area (Å²) >= 11 is 6.58. The van der Waals surface area contributed by atoms with Crippen molar-refractivity contribution in [1.29, 1.82) is 0 Å². The van der Waals surface area contributed by atoms with Gasteiger partial charge in [-0.15, -0.1) is 0 Å². The average molecular weight is 478 g/mol. The second kappa shape index (κ2) is 11.3. The predicted octanol–water partition coefficient (Wildman–Crippen LogP) is 4.60. The molecule has 0 amide bonds. The zero-order chi connectivity index (χ0) is 23.9. The maximum Gasteiger partial charge on any atom is 0.139 e. The second-order valence-electron chi connectivity index (χ2n) is 8.06. The van der Waals surface area contributed by atoms with E-state index in [0.29, 0.717) is 18.3 Å². The molecule has 0 unspecified atom stereocenters. The molecule has 0 fully saturated rings. The summed E-state index contributed by atoms with van der Waals surface area (Å²) in [6, 6.07) is 26.3. The Morgan fingerprint density at radius 2 is 1.62 bits per heavy atom. The summed E-state index contributed by atoms with van der Waals surface area (Å²) < 4.78 is 7.68. The highest BCUT2D eigenvalue weighted by Gasteiger charge is 2.19. The Morgan fingerprint density at radius 1 is 0.971 bits per heavy atom. The van der Waals surface area contributed by atoms with Gasteiger partial charge in [-0.05, 0) is 42.3 Å². The molecule has 3 aromatic carbocycles. The molecule has 7 heteroatoms. The summed E-state index contributed by atoms with van der Waals surface area (Å²) in [5, 5.41) is 28.6. The van der Waals surface area contributed by atoms with Gasteiger partial charge in [0.05, 0.1) is 30.1 Å². The van der Waals surface area contributed by atoms with E-state index in [1.165, 1.54) is 0 Å². The fraction of sp³-hybridized carbons (Fsp3) is 0.222. The molecule has 176 valence electrons. The molecular formula is C27H28ClN3O3. The summed E-state index contributed by atoms with van der Waals surface area (Å²) in [7, 11) is 0. The minimum Gasteiger partial charge on any atom is -0.489 e.